The zero-order chi connectivity index (χ0) is 21.6. The van der Waals surface area contributed by atoms with Crippen LogP contribution in [0, 0.1) is 0 Å². The highest BCUT2D eigenvalue weighted by Gasteiger charge is 2.14. The van der Waals surface area contributed by atoms with Crippen LogP contribution >= 0.6 is 0 Å². The Bertz CT molecular complexity index is 1250. The maximum Gasteiger partial charge on any atom is 0.306 e. The minimum absolute atomic E-state index is 0.0794. The molecule has 0 N–H and O–H groups in total. The lowest BCUT2D eigenvalue weighted by atomic mass is 10.2. The quantitative estimate of drug-likeness (QED) is 0.427. The van der Waals surface area contributed by atoms with Gasteiger partial charge in [-0.15, -0.1) is 0 Å². The van der Waals surface area contributed by atoms with Crippen molar-refractivity contribution in [2.75, 3.05) is 7.11 Å². The molecule has 156 valence electrons. The molecule has 0 saturated heterocycles. The largest absolute Gasteiger partial charge is 0.497 e. The molecule has 0 aliphatic rings. The van der Waals surface area contributed by atoms with Crippen molar-refractivity contribution in [3.8, 4) is 11.4 Å². The van der Waals surface area contributed by atoms with E-state index >= 15 is 0 Å². The van der Waals surface area contributed by atoms with Gasteiger partial charge in [-0.1, -0.05) is 42.5 Å². The third-order valence-corrected chi connectivity index (χ3v) is 4.97. The molecule has 0 aliphatic carbocycles. The summed E-state index contributed by atoms with van der Waals surface area (Å²) in [6.45, 7) is 0.209. The van der Waals surface area contributed by atoms with Crippen LogP contribution in [0.1, 0.15) is 17.7 Å². The highest BCUT2D eigenvalue weighted by Crippen LogP contribution is 2.19. The van der Waals surface area contributed by atoms with Crippen LogP contribution in [0.15, 0.2) is 83.7 Å². The summed E-state index contributed by atoms with van der Waals surface area (Å²) in [5.74, 6) is 0.339. The third kappa shape index (κ3) is 4.64. The Hall–Kier alpha value is -3.93. The van der Waals surface area contributed by atoms with Crippen molar-refractivity contribution in [2.45, 2.75) is 19.4 Å². The van der Waals surface area contributed by atoms with Crippen LogP contribution in [-0.4, -0.2) is 22.6 Å². The predicted octanol–water partition coefficient (Wildman–Crippen LogP) is 4.07. The van der Waals surface area contributed by atoms with Gasteiger partial charge in [-0.2, -0.15) is 0 Å². The fourth-order valence-electron chi connectivity index (χ4n) is 3.36. The monoisotopic (exact) mass is 414 g/mol. The van der Waals surface area contributed by atoms with Crippen LogP contribution in [0.4, 0.5) is 0 Å². The van der Waals surface area contributed by atoms with Gasteiger partial charge in [0, 0.05) is 12.1 Å². The molecule has 0 bridgehead atoms. The number of para-hydroxylation sites is 2. The third-order valence-electron chi connectivity index (χ3n) is 4.97. The van der Waals surface area contributed by atoms with Gasteiger partial charge in [0.25, 0.3) is 5.56 Å². The van der Waals surface area contributed by atoms with E-state index in [9.17, 15) is 9.59 Å². The number of nitrogens with zero attached hydrogens (tertiary/aromatic N) is 2. The highest BCUT2D eigenvalue weighted by molar-refractivity contribution is 5.77. The molecule has 0 atom stereocenters. The summed E-state index contributed by atoms with van der Waals surface area (Å²) < 4.78 is 12.2. The molecule has 1 aromatic heterocycles. The number of benzene rings is 3. The lowest BCUT2D eigenvalue weighted by molar-refractivity contribution is -0.144. The van der Waals surface area contributed by atoms with E-state index in [2.05, 4.69) is 4.98 Å². The Balaban J connectivity index is 1.58. The van der Waals surface area contributed by atoms with Gasteiger partial charge >= 0.3 is 5.97 Å². The zero-order valence-electron chi connectivity index (χ0n) is 17.2. The first-order valence-corrected chi connectivity index (χ1v) is 10.0. The van der Waals surface area contributed by atoms with Gasteiger partial charge in [0.15, 0.2) is 0 Å². The van der Waals surface area contributed by atoms with Crippen LogP contribution < -0.4 is 10.3 Å². The van der Waals surface area contributed by atoms with E-state index in [1.54, 1.807) is 23.8 Å². The fourth-order valence-corrected chi connectivity index (χ4v) is 3.36. The number of hydrogen-bond donors (Lipinski definition) is 0. The smallest absolute Gasteiger partial charge is 0.306 e. The van der Waals surface area contributed by atoms with Gasteiger partial charge in [0.2, 0.25) is 0 Å². The molecular weight excluding hydrogens is 392 g/mol. The van der Waals surface area contributed by atoms with E-state index in [4.69, 9.17) is 9.47 Å². The summed E-state index contributed by atoms with van der Waals surface area (Å²) in [4.78, 5) is 30.0. The van der Waals surface area contributed by atoms with E-state index in [1.807, 2.05) is 66.7 Å². The second-order valence-corrected chi connectivity index (χ2v) is 7.03. The summed E-state index contributed by atoms with van der Waals surface area (Å²) in [5.41, 5.74) is 3.09. The molecule has 3 aromatic carbocycles. The molecule has 31 heavy (non-hydrogen) atoms. The maximum atomic E-state index is 13.2. The number of fused-ring (bicyclic) bond motifs is 1. The summed E-state index contributed by atoms with van der Waals surface area (Å²) in [6.07, 6.45) is 0.281. The zero-order valence-corrected chi connectivity index (χ0v) is 17.2. The second-order valence-electron chi connectivity index (χ2n) is 7.03. The van der Waals surface area contributed by atoms with E-state index in [0.717, 1.165) is 5.56 Å². The first-order valence-electron chi connectivity index (χ1n) is 10.0. The van der Waals surface area contributed by atoms with Crippen LogP contribution in [-0.2, 0) is 22.6 Å². The number of carbonyl (C=O) groups excluding carboxylic acids is 1. The minimum Gasteiger partial charge on any atom is -0.497 e. The molecule has 0 fully saturated rings. The Morgan fingerprint density at radius 2 is 1.65 bits per heavy atom. The molecule has 4 rings (SSSR count). The van der Waals surface area contributed by atoms with Crippen LogP contribution in [0.3, 0.4) is 0 Å². The van der Waals surface area contributed by atoms with Crippen molar-refractivity contribution in [2.24, 2.45) is 0 Å². The molecule has 0 amide bonds. The topological polar surface area (TPSA) is 70.4 Å². The Labute approximate surface area is 179 Å². The lowest BCUT2D eigenvalue weighted by Gasteiger charge is -2.13. The first-order chi connectivity index (χ1) is 15.2. The number of rotatable bonds is 7. The highest BCUT2D eigenvalue weighted by atomic mass is 16.5. The Kier molecular flexibility index (Phi) is 6.08. The Morgan fingerprint density at radius 3 is 2.39 bits per heavy atom. The van der Waals surface area contributed by atoms with Crippen molar-refractivity contribution in [3.05, 3.63) is 100 Å². The number of ether oxygens (including phenoxy) is 2. The minimum atomic E-state index is -0.366. The van der Waals surface area contributed by atoms with Crippen molar-refractivity contribution >= 4 is 17.0 Å². The van der Waals surface area contributed by atoms with Gasteiger partial charge in [0.1, 0.15) is 18.1 Å². The summed E-state index contributed by atoms with van der Waals surface area (Å²) in [7, 11) is 1.60. The van der Waals surface area contributed by atoms with Crippen LogP contribution in [0.25, 0.3) is 16.7 Å². The molecule has 0 radical (unpaired) electrons. The van der Waals surface area contributed by atoms with E-state index in [-0.39, 0.29) is 31.0 Å². The molecule has 4 aromatic rings. The number of carbonyl (C=O) groups is 1. The van der Waals surface area contributed by atoms with Gasteiger partial charge in [0.05, 0.1) is 24.6 Å². The van der Waals surface area contributed by atoms with Crippen LogP contribution in [0.2, 0.25) is 0 Å². The van der Waals surface area contributed by atoms with Crippen molar-refractivity contribution < 1.29 is 14.3 Å². The molecule has 1 heterocycles. The molecule has 0 aliphatic heterocycles. The summed E-state index contributed by atoms with van der Waals surface area (Å²) >= 11 is 0. The fraction of sp³-hybridized carbons (Fsp3) is 0.160. The van der Waals surface area contributed by atoms with E-state index < -0.39 is 0 Å². The summed E-state index contributed by atoms with van der Waals surface area (Å²) in [6, 6.07) is 24.2. The maximum absolute atomic E-state index is 13.2. The molecule has 0 unspecified atom stereocenters. The lowest BCUT2D eigenvalue weighted by Crippen LogP contribution is -2.25. The van der Waals surface area contributed by atoms with Gasteiger partial charge in [-0.3, -0.25) is 14.2 Å². The van der Waals surface area contributed by atoms with Crippen molar-refractivity contribution in [3.63, 3.8) is 0 Å². The molecule has 0 spiro atoms. The predicted molar refractivity (Wildman–Crippen MR) is 118 cm³/mol. The van der Waals surface area contributed by atoms with Gasteiger partial charge in [-0.05, 0) is 42.0 Å². The first kappa shape index (κ1) is 20.3. The summed E-state index contributed by atoms with van der Waals surface area (Å²) in [5, 5.41) is 0. The second kappa shape index (κ2) is 9.26. The number of aryl methyl sites for hydroxylation is 1. The molecule has 6 heteroatoms. The number of methoxy groups -OCH3 is 1. The Morgan fingerprint density at radius 1 is 0.935 bits per heavy atom. The average Bonchev–Trinajstić information content (AvgIpc) is 2.82. The molecular formula is C25H22N2O4. The molecule has 6 nitrogen and oxygen atoms in total. The average molecular weight is 414 g/mol. The molecule has 0 saturated carbocycles. The number of aromatic nitrogens is 2. The van der Waals surface area contributed by atoms with Gasteiger partial charge < -0.3 is 9.47 Å². The van der Waals surface area contributed by atoms with Crippen LogP contribution in [0.5, 0.6) is 5.75 Å². The number of esters is 1. The number of hydrogen-bond acceptors (Lipinski definition) is 5. The normalized spacial score (nSPS) is 10.7. The van der Waals surface area contributed by atoms with Crippen molar-refractivity contribution in [1.82, 2.24) is 9.55 Å². The van der Waals surface area contributed by atoms with E-state index in [0.29, 0.717) is 28.2 Å². The standard InChI is InChI=1S/C25H22N2O4/c1-30-20-13-11-19(12-14-20)27-23-10-6-5-9-21(23)26-22(25(27)29)15-16-24(28)31-17-18-7-3-2-4-8-18/h2-14H,15-17H2,1H3. The van der Waals surface area contributed by atoms with Gasteiger partial charge in [-0.25, -0.2) is 4.98 Å². The SMILES string of the molecule is COc1ccc(-n2c(=O)c(CCC(=O)OCc3ccccc3)nc3ccccc32)cc1. The van der Waals surface area contributed by atoms with E-state index in [1.165, 1.54) is 0 Å². The van der Waals surface area contributed by atoms with Crippen molar-refractivity contribution in [1.29, 1.82) is 0 Å².